The number of aryl methyl sites for hydroxylation is 1. The van der Waals surface area contributed by atoms with E-state index in [0.717, 1.165) is 17.2 Å². The van der Waals surface area contributed by atoms with Crippen molar-refractivity contribution in [2.45, 2.75) is 19.1 Å². The van der Waals surface area contributed by atoms with E-state index in [-0.39, 0.29) is 11.9 Å². The Balaban J connectivity index is 1.62. The average Bonchev–Trinajstić information content (AvgIpc) is 2.94. The molecule has 2 atom stereocenters. The fraction of sp³-hybridized carbons (Fsp3) is 0.438. The van der Waals surface area contributed by atoms with E-state index in [1.54, 1.807) is 23.5 Å². The summed E-state index contributed by atoms with van der Waals surface area (Å²) in [6, 6.07) is 6.13. The van der Waals surface area contributed by atoms with Gasteiger partial charge in [-0.15, -0.1) is 11.3 Å². The van der Waals surface area contributed by atoms with E-state index in [9.17, 15) is 9.50 Å². The Labute approximate surface area is 133 Å². The number of rotatable bonds is 4. The Bertz CT molecular complexity index is 634. The maximum Gasteiger partial charge on any atom is 0.123 e. The van der Waals surface area contributed by atoms with Crippen LogP contribution >= 0.6 is 11.3 Å². The first-order valence-electron chi connectivity index (χ1n) is 7.31. The second-order valence-electron chi connectivity index (χ2n) is 5.52. The van der Waals surface area contributed by atoms with Gasteiger partial charge >= 0.3 is 0 Å². The Morgan fingerprint density at radius 1 is 1.55 bits per heavy atom. The van der Waals surface area contributed by atoms with Gasteiger partial charge in [-0.3, -0.25) is 4.90 Å². The smallest absolute Gasteiger partial charge is 0.123 e. The van der Waals surface area contributed by atoms with Crippen LogP contribution in [0.25, 0.3) is 0 Å². The van der Waals surface area contributed by atoms with E-state index < -0.39 is 6.10 Å². The average molecular weight is 322 g/mol. The van der Waals surface area contributed by atoms with E-state index in [4.69, 9.17) is 4.74 Å². The highest BCUT2D eigenvalue weighted by atomic mass is 32.1. The van der Waals surface area contributed by atoms with E-state index in [0.29, 0.717) is 25.3 Å². The maximum atomic E-state index is 13.2. The molecule has 0 spiro atoms. The molecule has 22 heavy (non-hydrogen) atoms. The van der Waals surface area contributed by atoms with Gasteiger partial charge in [0.1, 0.15) is 16.9 Å². The Morgan fingerprint density at radius 2 is 2.41 bits per heavy atom. The van der Waals surface area contributed by atoms with Gasteiger partial charge in [0, 0.05) is 30.7 Å². The van der Waals surface area contributed by atoms with Gasteiger partial charge in [-0.05, 0) is 24.6 Å². The number of morpholine rings is 1. The van der Waals surface area contributed by atoms with Gasteiger partial charge in [-0.25, -0.2) is 9.37 Å². The number of aromatic nitrogens is 1. The SMILES string of the molecule is Cc1csc([C@H]2CN(C[C@@H](O)c3cccc(F)c3)CCO2)n1. The number of hydrogen-bond acceptors (Lipinski definition) is 5. The minimum atomic E-state index is -0.701. The second-order valence-corrected chi connectivity index (χ2v) is 6.41. The minimum Gasteiger partial charge on any atom is -0.387 e. The van der Waals surface area contributed by atoms with E-state index in [1.165, 1.54) is 12.1 Å². The van der Waals surface area contributed by atoms with Gasteiger partial charge in [0.25, 0.3) is 0 Å². The number of halogens is 1. The molecule has 0 saturated carbocycles. The molecule has 118 valence electrons. The van der Waals surface area contributed by atoms with E-state index in [2.05, 4.69) is 9.88 Å². The quantitative estimate of drug-likeness (QED) is 0.940. The topological polar surface area (TPSA) is 45.6 Å². The summed E-state index contributed by atoms with van der Waals surface area (Å²) in [4.78, 5) is 6.61. The van der Waals surface area contributed by atoms with Crippen molar-refractivity contribution in [3.8, 4) is 0 Å². The van der Waals surface area contributed by atoms with Gasteiger partial charge in [0.2, 0.25) is 0 Å². The molecule has 4 nitrogen and oxygen atoms in total. The Hall–Kier alpha value is -1.34. The van der Waals surface area contributed by atoms with Gasteiger partial charge < -0.3 is 9.84 Å². The lowest BCUT2D eigenvalue weighted by atomic mass is 10.1. The highest BCUT2D eigenvalue weighted by molar-refractivity contribution is 7.09. The lowest BCUT2D eigenvalue weighted by Gasteiger charge is -2.33. The first kappa shape index (κ1) is 15.6. The second kappa shape index (κ2) is 6.83. The summed E-state index contributed by atoms with van der Waals surface area (Å²) in [5.41, 5.74) is 1.61. The van der Waals surface area contributed by atoms with Crippen LogP contribution in [0.1, 0.15) is 28.5 Å². The van der Waals surface area contributed by atoms with Crippen molar-refractivity contribution in [2.24, 2.45) is 0 Å². The standard InChI is InChI=1S/C16H19FN2O2S/c1-11-10-22-16(18-11)15-9-19(5-6-21-15)8-14(20)12-3-2-4-13(17)7-12/h2-4,7,10,14-15,20H,5-6,8-9H2,1H3/t14-,15-/m1/s1. The van der Waals surface area contributed by atoms with Gasteiger partial charge in [-0.2, -0.15) is 0 Å². The highest BCUT2D eigenvalue weighted by Crippen LogP contribution is 2.26. The molecule has 1 fully saturated rings. The third-order valence-electron chi connectivity index (χ3n) is 3.73. The molecule has 6 heteroatoms. The lowest BCUT2D eigenvalue weighted by Crippen LogP contribution is -2.40. The normalized spacial score (nSPS) is 21.0. The number of aliphatic hydroxyl groups excluding tert-OH is 1. The largest absolute Gasteiger partial charge is 0.387 e. The maximum absolute atomic E-state index is 13.2. The first-order chi connectivity index (χ1) is 10.6. The summed E-state index contributed by atoms with van der Waals surface area (Å²) in [6.07, 6.45) is -0.750. The van der Waals surface area contributed by atoms with Crippen LogP contribution in [0.15, 0.2) is 29.6 Å². The molecule has 0 amide bonds. The predicted octanol–water partition coefficient (Wildman–Crippen LogP) is 2.70. The van der Waals surface area contributed by atoms with Gasteiger partial charge in [0.15, 0.2) is 0 Å². The number of ether oxygens (including phenoxy) is 1. The van der Waals surface area contributed by atoms with Crippen LogP contribution in [0.4, 0.5) is 4.39 Å². The molecular weight excluding hydrogens is 303 g/mol. The number of thiazole rings is 1. The molecule has 1 aliphatic heterocycles. The summed E-state index contributed by atoms with van der Waals surface area (Å²) in [6.45, 7) is 4.49. The minimum absolute atomic E-state index is 0.0489. The number of benzene rings is 1. The van der Waals surface area contributed by atoms with Crippen LogP contribution in [-0.2, 0) is 4.74 Å². The molecule has 0 unspecified atom stereocenters. The Morgan fingerprint density at radius 3 is 3.14 bits per heavy atom. The summed E-state index contributed by atoms with van der Waals surface area (Å²) in [5.74, 6) is -0.324. The van der Waals surface area contributed by atoms with Crippen LogP contribution in [0.3, 0.4) is 0 Å². The summed E-state index contributed by atoms with van der Waals surface area (Å²) < 4.78 is 19.0. The molecule has 0 aliphatic carbocycles. The zero-order valence-corrected chi connectivity index (χ0v) is 13.2. The van der Waals surface area contributed by atoms with Crippen molar-refractivity contribution in [1.29, 1.82) is 0 Å². The van der Waals surface area contributed by atoms with Crippen molar-refractivity contribution in [1.82, 2.24) is 9.88 Å². The van der Waals surface area contributed by atoms with Crippen LogP contribution in [0.2, 0.25) is 0 Å². The number of aliphatic hydroxyl groups is 1. The number of β-amino-alcohol motifs (C(OH)–C–C–N with tert-alkyl or cyclic N) is 1. The molecule has 2 heterocycles. The lowest BCUT2D eigenvalue weighted by molar-refractivity contribution is -0.0425. The third-order valence-corrected chi connectivity index (χ3v) is 4.78. The van der Waals surface area contributed by atoms with Crippen molar-refractivity contribution in [2.75, 3.05) is 26.2 Å². The monoisotopic (exact) mass is 322 g/mol. The molecule has 1 aromatic carbocycles. The zero-order valence-electron chi connectivity index (χ0n) is 12.4. The highest BCUT2D eigenvalue weighted by Gasteiger charge is 2.25. The number of hydrogen-bond donors (Lipinski definition) is 1. The van der Waals surface area contributed by atoms with Crippen molar-refractivity contribution >= 4 is 11.3 Å². The number of nitrogens with zero attached hydrogens (tertiary/aromatic N) is 2. The summed E-state index contributed by atoms with van der Waals surface area (Å²) >= 11 is 1.60. The van der Waals surface area contributed by atoms with Crippen LogP contribution in [-0.4, -0.2) is 41.2 Å². The fourth-order valence-corrected chi connectivity index (χ4v) is 3.44. The van der Waals surface area contributed by atoms with Gasteiger partial charge in [0.05, 0.1) is 12.7 Å². The molecule has 1 aliphatic rings. The predicted molar refractivity (Wildman–Crippen MR) is 83.3 cm³/mol. The molecular formula is C16H19FN2O2S. The molecule has 1 N–H and O–H groups in total. The van der Waals surface area contributed by atoms with Crippen molar-refractivity contribution < 1.29 is 14.2 Å². The van der Waals surface area contributed by atoms with E-state index in [1.807, 2.05) is 12.3 Å². The van der Waals surface area contributed by atoms with E-state index >= 15 is 0 Å². The first-order valence-corrected chi connectivity index (χ1v) is 8.19. The molecule has 1 saturated heterocycles. The van der Waals surface area contributed by atoms with Crippen LogP contribution in [0, 0.1) is 12.7 Å². The molecule has 0 bridgehead atoms. The molecule has 0 radical (unpaired) electrons. The summed E-state index contributed by atoms with van der Waals surface area (Å²) in [5, 5.41) is 13.3. The molecule has 2 aromatic rings. The fourth-order valence-electron chi connectivity index (χ4n) is 2.60. The molecule has 3 rings (SSSR count). The van der Waals surface area contributed by atoms with Crippen molar-refractivity contribution in [3.05, 3.63) is 51.7 Å². The Kier molecular flexibility index (Phi) is 4.83. The van der Waals surface area contributed by atoms with Crippen molar-refractivity contribution in [3.63, 3.8) is 0 Å². The zero-order chi connectivity index (χ0) is 15.5. The third kappa shape index (κ3) is 3.70. The van der Waals surface area contributed by atoms with Gasteiger partial charge in [-0.1, -0.05) is 12.1 Å². The van der Waals surface area contributed by atoms with Crippen LogP contribution < -0.4 is 0 Å². The summed E-state index contributed by atoms with van der Waals surface area (Å²) in [7, 11) is 0. The molecule has 1 aromatic heterocycles. The van der Waals surface area contributed by atoms with Crippen LogP contribution in [0.5, 0.6) is 0 Å².